The topological polar surface area (TPSA) is 0 Å². The van der Waals surface area contributed by atoms with Crippen molar-refractivity contribution >= 4 is 34.1 Å². The summed E-state index contributed by atoms with van der Waals surface area (Å²) in [5.41, 5.74) is -3.04. The van der Waals surface area contributed by atoms with Crippen molar-refractivity contribution in [1.82, 2.24) is 0 Å². The zero-order chi connectivity index (χ0) is 21.9. The molecule has 0 saturated heterocycles. The molecule has 4 rings (SSSR count). The van der Waals surface area contributed by atoms with Crippen molar-refractivity contribution in [2.45, 2.75) is 24.7 Å². The highest BCUT2D eigenvalue weighted by Crippen LogP contribution is 2.65. The van der Waals surface area contributed by atoms with Gasteiger partial charge >= 0.3 is 17.8 Å². The van der Waals surface area contributed by atoms with Crippen LogP contribution in [0.4, 0.5) is 26.3 Å². The van der Waals surface area contributed by atoms with Gasteiger partial charge in [-0.25, -0.2) is 0 Å². The fourth-order valence-electron chi connectivity index (χ4n) is 3.57. The van der Waals surface area contributed by atoms with Crippen LogP contribution in [0.2, 0.25) is 5.02 Å². The minimum absolute atomic E-state index is 0.224. The minimum atomic E-state index is -5.61. The van der Waals surface area contributed by atoms with Gasteiger partial charge in [-0.2, -0.15) is 26.3 Å². The fraction of sp³-hybridized carbons (Fsp3) is 0.182. The lowest BCUT2D eigenvalue weighted by Gasteiger charge is -2.26. The van der Waals surface area contributed by atoms with Gasteiger partial charge in [0.25, 0.3) is 0 Å². The summed E-state index contributed by atoms with van der Waals surface area (Å²) in [6, 6.07) is 14.8. The third-order valence-corrected chi connectivity index (χ3v) is 6.48. The van der Waals surface area contributed by atoms with Gasteiger partial charge in [0.05, 0.1) is 0 Å². The van der Waals surface area contributed by atoms with Crippen LogP contribution in [0.3, 0.4) is 0 Å². The molecule has 0 spiro atoms. The molecule has 0 atom stereocenters. The maximum atomic E-state index is 14.9. The Kier molecular flexibility index (Phi) is 4.82. The van der Waals surface area contributed by atoms with Crippen LogP contribution in [-0.2, 0) is 0 Å². The van der Waals surface area contributed by atoms with Crippen LogP contribution >= 0.6 is 22.9 Å². The summed E-state index contributed by atoms with van der Waals surface area (Å²) < 4.78 is 88.2. The standard InChI is InChI=1S/C22H13ClF6S/c1-12-15(11-17(30-12)13-7-3-2-4-8-13)19-18(14-9-5-6-10-16(14)23)20(24,25)22(28,29)21(19,26)27/h2-11H,1H3. The Hall–Kier alpha value is -2.25. The van der Waals surface area contributed by atoms with Crippen LogP contribution in [-0.4, -0.2) is 17.8 Å². The van der Waals surface area contributed by atoms with E-state index in [9.17, 15) is 26.3 Å². The summed E-state index contributed by atoms with van der Waals surface area (Å²) in [7, 11) is 0. The highest BCUT2D eigenvalue weighted by Gasteiger charge is 2.80. The van der Waals surface area contributed by atoms with Gasteiger partial charge < -0.3 is 0 Å². The first-order valence-electron chi connectivity index (χ1n) is 8.80. The zero-order valence-electron chi connectivity index (χ0n) is 15.3. The predicted octanol–water partition coefficient (Wildman–Crippen LogP) is 8.21. The second-order valence-corrected chi connectivity index (χ2v) is 8.56. The number of thiophene rings is 1. The Morgan fingerprint density at radius 1 is 0.733 bits per heavy atom. The molecule has 0 nitrogen and oxygen atoms in total. The largest absolute Gasteiger partial charge is 0.380 e. The number of aryl methyl sites for hydroxylation is 1. The molecule has 0 amide bonds. The van der Waals surface area contributed by atoms with E-state index in [-0.39, 0.29) is 15.5 Å². The molecule has 1 heterocycles. The number of alkyl halides is 6. The van der Waals surface area contributed by atoms with Gasteiger partial charge in [0.15, 0.2) is 0 Å². The quantitative estimate of drug-likeness (QED) is 0.347. The third-order valence-electron chi connectivity index (χ3n) is 5.06. The predicted molar refractivity (Wildman–Crippen MR) is 108 cm³/mol. The normalized spacial score (nSPS) is 19.3. The number of benzene rings is 2. The number of rotatable bonds is 3. The van der Waals surface area contributed by atoms with Gasteiger partial charge in [0, 0.05) is 31.5 Å². The first-order chi connectivity index (χ1) is 14.0. The number of hydrogen-bond donors (Lipinski definition) is 0. The highest BCUT2D eigenvalue weighted by atomic mass is 35.5. The van der Waals surface area contributed by atoms with Crippen molar-refractivity contribution in [2.75, 3.05) is 0 Å². The minimum Gasteiger partial charge on any atom is -0.194 e. The van der Waals surface area contributed by atoms with Crippen LogP contribution < -0.4 is 0 Å². The Morgan fingerprint density at radius 3 is 1.87 bits per heavy atom. The average molecular weight is 459 g/mol. The van der Waals surface area contributed by atoms with E-state index in [4.69, 9.17) is 11.6 Å². The van der Waals surface area contributed by atoms with E-state index in [0.29, 0.717) is 10.4 Å². The van der Waals surface area contributed by atoms with Crippen LogP contribution in [0.25, 0.3) is 21.6 Å². The SMILES string of the molecule is Cc1sc(-c2ccccc2)cc1C1=C(c2ccccc2Cl)C(F)(F)C(F)(F)C1(F)F. The molecular weight excluding hydrogens is 446 g/mol. The Labute approximate surface area is 177 Å². The lowest BCUT2D eigenvalue weighted by molar-refractivity contribution is -0.254. The molecule has 30 heavy (non-hydrogen) atoms. The second kappa shape index (κ2) is 6.89. The maximum absolute atomic E-state index is 14.9. The van der Waals surface area contributed by atoms with Gasteiger partial charge in [-0.15, -0.1) is 11.3 Å². The van der Waals surface area contributed by atoms with E-state index in [0.717, 1.165) is 17.4 Å². The fourth-order valence-corrected chi connectivity index (χ4v) is 4.83. The Morgan fingerprint density at radius 2 is 1.27 bits per heavy atom. The molecule has 0 unspecified atom stereocenters. The number of hydrogen-bond acceptors (Lipinski definition) is 1. The van der Waals surface area contributed by atoms with Gasteiger partial charge in [-0.05, 0) is 30.2 Å². The van der Waals surface area contributed by atoms with Crippen molar-refractivity contribution in [3.05, 3.63) is 81.7 Å². The molecule has 0 saturated carbocycles. The third kappa shape index (κ3) is 2.82. The molecule has 0 radical (unpaired) electrons. The van der Waals surface area contributed by atoms with E-state index in [2.05, 4.69) is 0 Å². The molecule has 2 aromatic carbocycles. The number of allylic oxidation sites excluding steroid dienone is 2. The van der Waals surface area contributed by atoms with Crippen molar-refractivity contribution in [2.24, 2.45) is 0 Å². The molecule has 1 aliphatic rings. The molecule has 1 aliphatic carbocycles. The first kappa shape index (κ1) is 21.0. The molecule has 3 aromatic rings. The molecular formula is C22H13ClF6S. The Balaban J connectivity index is 2.05. The molecule has 8 heteroatoms. The van der Waals surface area contributed by atoms with E-state index < -0.39 is 34.5 Å². The molecule has 0 bridgehead atoms. The summed E-state index contributed by atoms with van der Waals surface area (Å²) in [6.07, 6.45) is 0. The summed E-state index contributed by atoms with van der Waals surface area (Å²) in [5.74, 6) is -15.8. The lowest BCUT2D eigenvalue weighted by Crippen LogP contribution is -2.48. The van der Waals surface area contributed by atoms with Gasteiger partial charge in [0.2, 0.25) is 0 Å². The van der Waals surface area contributed by atoms with E-state index >= 15 is 0 Å². The summed E-state index contributed by atoms with van der Waals surface area (Å²) in [6.45, 7) is 1.44. The lowest BCUT2D eigenvalue weighted by atomic mass is 9.94. The summed E-state index contributed by atoms with van der Waals surface area (Å²) in [4.78, 5) is 0.727. The first-order valence-corrected chi connectivity index (χ1v) is 9.99. The highest BCUT2D eigenvalue weighted by molar-refractivity contribution is 7.15. The molecule has 0 fully saturated rings. The number of halogens is 7. The van der Waals surface area contributed by atoms with Gasteiger partial charge in [-0.3, -0.25) is 0 Å². The zero-order valence-corrected chi connectivity index (χ0v) is 16.9. The van der Waals surface area contributed by atoms with Crippen LogP contribution in [0, 0.1) is 6.92 Å². The van der Waals surface area contributed by atoms with Crippen LogP contribution in [0.1, 0.15) is 16.0 Å². The molecule has 0 aliphatic heterocycles. The van der Waals surface area contributed by atoms with Gasteiger partial charge in [0.1, 0.15) is 0 Å². The van der Waals surface area contributed by atoms with Crippen molar-refractivity contribution in [1.29, 1.82) is 0 Å². The van der Waals surface area contributed by atoms with E-state index in [1.54, 1.807) is 30.3 Å². The Bertz CT molecular complexity index is 1150. The van der Waals surface area contributed by atoms with Crippen LogP contribution in [0.5, 0.6) is 0 Å². The van der Waals surface area contributed by atoms with Crippen molar-refractivity contribution < 1.29 is 26.3 Å². The smallest absolute Gasteiger partial charge is 0.194 e. The monoisotopic (exact) mass is 458 g/mol. The molecule has 156 valence electrons. The molecule has 0 N–H and O–H groups in total. The van der Waals surface area contributed by atoms with Crippen molar-refractivity contribution in [3.8, 4) is 10.4 Å². The average Bonchev–Trinajstić information content (AvgIpc) is 3.11. The van der Waals surface area contributed by atoms with E-state index in [1.807, 2.05) is 0 Å². The summed E-state index contributed by atoms with van der Waals surface area (Å²) in [5, 5.41) is -0.311. The van der Waals surface area contributed by atoms with Crippen LogP contribution in [0.15, 0.2) is 60.7 Å². The molecule has 1 aromatic heterocycles. The second-order valence-electron chi connectivity index (χ2n) is 6.90. The maximum Gasteiger partial charge on any atom is 0.380 e. The van der Waals surface area contributed by atoms with Gasteiger partial charge in [-0.1, -0.05) is 60.1 Å². The van der Waals surface area contributed by atoms with E-state index in [1.165, 1.54) is 31.2 Å². The van der Waals surface area contributed by atoms with Crippen molar-refractivity contribution in [3.63, 3.8) is 0 Å². The summed E-state index contributed by atoms with van der Waals surface area (Å²) >= 11 is 7.02.